The van der Waals surface area contributed by atoms with Crippen molar-refractivity contribution >= 4 is 5.69 Å². The molecule has 0 aliphatic rings. The Labute approximate surface area is 118 Å². The Balaban J connectivity index is 2.11. The van der Waals surface area contributed by atoms with Crippen LogP contribution in [0.15, 0.2) is 42.5 Å². The van der Waals surface area contributed by atoms with Gasteiger partial charge in [-0.2, -0.15) is 0 Å². The summed E-state index contributed by atoms with van der Waals surface area (Å²) in [6.07, 6.45) is 2.17. The van der Waals surface area contributed by atoms with Crippen molar-refractivity contribution in [1.29, 1.82) is 0 Å². The number of aryl methyl sites for hydroxylation is 1. The Bertz CT molecular complexity index is 564. The normalized spacial score (nSPS) is 12.2. The first kappa shape index (κ1) is 14.5. The standard InChI is InChI=1S/C17H19F2N/c1-3-5-13-8-10-14(11-9-13)12(2)20-16-7-4-6-15(18)17(16)19/h4,6-12,20H,3,5H2,1-2H3. The maximum Gasteiger partial charge on any atom is 0.181 e. The highest BCUT2D eigenvalue weighted by atomic mass is 19.2. The molecule has 0 spiro atoms. The Morgan fingerprint density at radius 2 is 1.75 bits per heavy atom. The van der Waals surface area contributed by atoms with E-state index in [1.54, 1.807) is 6.07 Å². The highest BCUT2D eigenvalue weighted by Gasteiger charge is 2.11. The number of halogens is 2. The predicted molar refractivity (Wildman–Crippen MR) is 78.8 cm³/mol. The minimum Gasteiger partial charge on any atom is -0.376 e. The molecule has 0 saturated heterocycles. The molecule has 20 heavy (non-hydrogen) atoms. The number of nitrogens with one attached hydrogen (secondary N) is 1. The van der Waals surface area contributed by atoms with E-state index in [1.807, 2.05) is 19.1 Å². The summed E-state index contributed by atoms with van der Waals surface area (Å²) in [4.78, 5) is 0. The summed E-state index contributed by atoms with van der Waals surface area (Å²) in [5.74, 6) is -1.66. The molecule has 0 aliphatic heterocycles. The molecule has 0 amide bonds. The Hall–Kier alpha value is -1.90. The van der Waals surface area contributed by atoms with Crippen LogP contribution >= 0.6 is 0 Å². The van der Waals surface area contributed by atoms with Gasteiger partial charge in [-0.1, -0.05) is 43.7 Å². The quantitative estimate of drug-likeness (QED) is 0.801. The van der Waals surface area contributed by atoms with Gasteiger partial charge in [-0.25, -0.2) is 8.78 Å². The molecule has 2 aromatic carbocycles. The smallest absolute Gasteiger partial charge is 0.181 e. The van der Waals surface area contributed by atoms with Crippen molar-refractivity contribution in [2.45, 2.75) is 32.7 Å². The molecule has 1 N–H and O–H groups in total. The average Bonchev–Trinajstić information content (AvgIpc) is 2.45. The van der Waals surface area contributed by atoms with Crippen LogP contribution in [-0.4, -0.2) is 0 Å². The van der Waals surface area contributed by atoms with Crippen LogP contribution in [0, 0.1) is 11.6 Å². The van der Waals surface area contributed by atoms with E-state index in [0.717, 1.165) is 24.5 Å². The van der Waals surface area contributed by atoms with E-state index in [4.69, 9.17) is 0 Å². The number of rotatable bonds is 5. The molecule has 3 heteroatoms. The van der Waals surface area contributed by atoms with E-state index < -0.39 is 11.6 Å². The van der Waals surface area contributed by atoms with Crippen molar-refractivity contribution in [1.82, 2.24) is 0 Å². The van der Waals surface area contributed by atoms with E-state index in [0.29, 0.717) is 0 Å². The van der Waals surface area contributed by atoms with Crippen molar-refractivity contribution in [3.05, 3.63) is 65.2 Å². The fraction of sp³-hybridized carbons (Fsp3) is 0.294. The third kappa shape index (κ3) is 3.35. The zero-order valence-electron chi connectivity index (χ0n) is 11.8. The van der Waals surface area contributed by atoms with Crippen LogP contribution < -0.4 is 5.32 Å². The summed E-state index contributed by atoms with van der Waals surface area (Å²) in [6, 6.07) is 12.3. The zero-order chi connectivity index (χ0) is 14.5. The highest BCUT2D eigenvalue weighted by molar-refractivity contribution is 5.47. The van der Waals surface area contributed by atoms with Gasteiger partial charge in [0.25, 0.3) is 0 Å². The van der Waals surface area contributed by atoms with Crippen molar-refractivity contribution in [2.24, 2.45) is 0 Å². The lowest BCUT2D eigenvalue weighted by Gasteiger charge is -2.16. The van der Waals surface area contributed by atoms with Crippen LogP contribution in [0.1, 0.15) is 37.4 Å². The molecule has 2 rings (SSSR count). The van der Waals surface area contributed by atoms with Gasteiger partial charge in [-0.3, -0.25) is 0 Å². The van der Waals surface area contributed by atoms with E-state index in [2.05, 4.69) is 24.4 Å². The van der Waals surface area contributed by atoms with Crippen LogP contribution in [-0.2, 0) is 6.42 Å². The third-order valence-electron chi connectivity index (χ3n) is 3.34. The summed E-state index contributed by atoms with van der Waals surface area (Å²) in [6.45, 7) is 4.07. The van der Waals surface area contributed by atoms with Crippen LogP contribution in [0.2, 0.25) is 0 Å². The average molecular weight is 275 g/mol. The van der Waals surface area contributed by atoms with Crippen LogP contribution in [0.4, 0.5) is 14.5 Å². The van der Waals surface area contributed by atoms with Crippen molar-refractivity contribution < 1.29 is 8.78 Å². The third-order valence-corrected chi connectivity index (χ3v) is 3.34. The Kier molecular flexibility index (Phi) is 4.72. The fourth-order valence-corrected chi connectivity index (χ4v) is 2.19. The zero-order valence-corrected chi connectivity index (χ0v) is 11.8. The summed E-state index contributed by atoms with van der Waals surface area (Å²) < 4.78 is 26.8. The first-order valence-electron chi connectivity index (χ1n) is 6.91. The van der Waals surface area contributed by atoms with Gasteiger partial charge >= 0.3 is 0 Å². The van der Waals surface area contributed by atoms with Gasteiger partial charge in [-0.15, -0.1) is 0 Å². The molecule has 0 heterocycles. The lowest BCUT2D eigenvalue weighted by Crippen LogP contribution is -2.08. The predicted octanol–water partition coefficient (Wildman–Crippen LogP) is 5.09. The van der Waals surface area contributed by atoms with E-state index in [9.17, 15) is 8.78 Å². The molecule has 0 radical (unpaired) electrons. The van der Waals surface area contributed by atoms with Crippen molar-refractivity contribution in [3.63, 3.8) is 0 Å². The van der Waals surface area contributed by atoms with Crippen molar-refractivity contribution in [3.8, 4) is 0 Å². The van der Waals surface area contributed by atoms with Crippen LogP contribution in [0.5, 0.6) is 0 Å². The van der Waals surface area contributed by atoms with Gasteiger partial charge in [0.2, 0.25) is 0 Å². The topological polar surface area (TPSA) is 12.0 Å². The minimum absolute atomic E-state index is 0.0815. The van der Waals surface area contributed by atoms with Gasteiger partial charge < -0.3 is 5.32 Å². The van der Waals surface area contributed by atoms with Gasteiger partial charge in [0.05, 0.1) is 5.69 Å². The van der Waals surface area contributed by atoms with Crippen LogP contribution in [0.3, 0.4) is 0 Å². The molecular formula is C17H19F2N. The summed E-state index contributed by atoms with van der Waals surface area (Å²) in [5, 5.41) is 3.00. The van der Waals surface area contributed by atoms with Gasteiger partial charge in [-0.05, 0) is 36.6 Å². The van der Waals surface area contributed by atoms with E-state index in [1.165, 1.54) is 11.6 Å². The number of hydrogen-bond acceptors (Lipinski definition) is 1. The van der Waals surface area contributed by atoms with E-state index >= 15 is 0 Å². The molecule has 0 saturated carbocycles. The first-order valence-corrected chi connectivity index (χ1v) is 6.91. The molecular weight excluding hydrogens is 256 g/mol. The Morgan fingerprint density at radius 3 is 2.40 bits per heavy atom. The highest BCUT2D eigenvalue weighted by Crippen LogP contribution is 2.23. The first-order chi connectivity index (χ1) is 9.61. The Morgan fingerprint density at radius 1 is 1.05 bits per heavy atom. The van der Waals surface area contributed by atoms with Gasteiger partial charge in [0.15, 0.2) is 11.6 Å². The summed E-state index contributed by atoms with van der Waals surface area (Å²) in [5.41, 5.74) is 2.53. The molecule has 0 aromatic heterocycles. The second kappa shape index (κ2) is 6.51. The minimum atomic E-state index is -0.833. The van der Waals surface area contributed by atoms with Gasteiger partial charge in [0.1, 0.15) is 0 Å². The maximum absolute atomic E-state index is 13.6. The molecule has 1 atom stereocenters. The SMILES string of the molecule is CCCc1ccc(C(C)Nc2cccc(F)c2F)cc1. The molecule has 2 aromatic rings. The molecule has 0 aliphatic carbocycles. The molecule has 1 unspecified atom stereocenters. The second-order valence-electron chi connectivity index (χ2n) is 4.96. The number of benzene rings is 2. The van der Waals surface area contributed by atoms with Crippen LogP contribution in [0.25, 0.3) is 0 Å². The summed E-state index contributed by atoms with van der Waals surface area (Å²) in [7, 11) is 0. The molecule has 0 fully saturated rings. The largest absolute Gasteiger partial charge is 0.376 e. The maximum atomic E-state index is 13.6. The lowest BCUT2D eigenvalue weighted by molar-refractivity contribution is 0.510. The molecule has 0 bridgehead atoms. The molecule has 1 nitrogen and oxygen atoms in total. The fourth-order valence-electron chi connectivity index (χ4n) is 2.19. The summed E-state index contributed by atoms with van der Waals surface area (Å²) >= 11 is 0. The number of anilines is 1. The monoisotopic (exact) mass is 275 g/mol. The molecule has 106 valence electrons. The number of hydrogen-bond donors (Lipinski definition) is 1. The second-order valence-corrected chi connectivity index (χ2v) is 4.96. The van der Waals surface area contributed by atoms with Crippen molar-refractivity contribution in [2.75, 3.05) is 5.32 Å². The van der Waals surface area contributed by atoms with Gasteiger partial charge in [0, 0.05) is 6.04 Å². The lowest BCUT2D eigenvalue weighted by atomic mass is 10.0. The van der Waals surface area contributed by atoms with E-state index in [-0.39, 0.29) is 11.7 Å².